The van der Waals surface area contributed by atoms with Crippen molar-refractivity contribution in [1.29, 1.82) is 0 Å². The number of carboxylic acid groups (broad SMARTS) is 1. The Hall–Kier alpha value is -1.06. The van der Waals surface area contributed by atoms with Gasteiger partial charge in [0.15, 0.2) is 0 Å². The van der Waals surface area contributed by atoms with Crippen LogP contribution in [0.2, 0.25) is 0 Å². The molecule has 2 unspecified atom stereocenters. The molecular formula is C14H25NO3. The lowest BCUT2D eigenvalue weighted by molar-refractivity contribution is -0.147. The first-order valence-electron chi connectivity index (χ1n) is 6.69. The summed E-state index contributed by atoms with van der Waals surface area (Å²) >= 11 is 0. The molecule has 18 heavy (non-hydrogen) atoms. The van der Waals surface area contributed by atoms with Crippen molar-refractivity contribution in [2.24, 2.45) is 17.3 Å². The Morgan fingerprint density at radius 2 is 1.89 bits per heavy atom. The first kappa shape index (κ1) is 15.0. The highest BCUT2D eigenvalue weighted by atomic mass is 16.4. The van der Waals surface area contributed by atoms with E-state index in [0.717, 1.165) is 6.42 Å². The highest BCUT2D eigenvalue weighted by molar-refractivity contribution is 5.78. The first-order valence-corrected chi connectivity index (χ1v) is 6.69. The van der Waals surface area contributed by atoms with Gasteiger partial charge in [-0.05, 0) is 24.2 Å². The maximum atomic E-state index is 12.1. The summed E-state index contributed by atoms with van der Waals surface area (Å²) < 4.78 is 0. The van der Waals surface area contributed by atoms with E-state index in [4.69, 9.17) is 5.11 Å². The molecule has 1 amide bonds. The molecule has 1 aliphatic heterocycles. The van der Waals surface area contributed by atoms with Crippen LogP contribution in [0, 0.1) is 17.3 Å². The van der Waals surface area contributed by atoms with Crippen molar-refractivity contribution in [1.82, 2.24) is 4.90 Å². The average molecular weight is 255 g/mol. The summed E-state index contributed by atoms with van der Waals surface area (Å²) in [5.41, 5.74) is 0.142. The fraction of sp³-hybridized carbons (Fsp3) is 0.857. The summed E-state index contributed by atoms with van der Waals surface area (Å²) in [5, 5.41) is 9.08. The summed E-state index contributed by atoms with van der Waals surface area (Å²) in [6, 6.07) is 0. The van der Waals surface area contributed by atoms with Gasteiger partial charge in [-0.15, -0.1) is 0 Å². The molecule has 1 aliphatic rings. The Morgan fingerprint density at radius 1 is 1.28 bits per heavy atom. The van der Waals surface area contributed by atoms with Gasteiger partial charge in [-0.3, -0.25) is 9.59 Å². The molecule has 0 saturated carbocycles. The lowest BCUT2D eigenvalue weighted by Gasteiger charge is -2.35. The number of carboxylic acids is 1. The molecule has 4 heteroatoms. The fourth-order valence-electron chi connectivity index (χ4n) is 2.37. The number of aliphatic carboxylic acids is 1. The quantitative estimate of drug-likeness (QED) is 0.842. The summed E-state index contributed by atoms with van der Waals surface area (Å²) in [4.78, 5) is 24.9. The number of likely N-dealkylation sites (tertiary alicyclic amines) is 1. The zero-order chi connectivity index (χ0) is 13.9. The maximum Gasteiger partial charge on any atom is 0.308 e. The van der Waals surface area contributed by atoms with Gasteiger partial charge >= 0.3 is 5.97 Å². The van der Waals surface area contributed by atoms with Crippen molar-refractivity contribution < 1.29 is 14.7 Å². The number of hydrogen-bond donors (Lipinski definition) is 1. The van der Waals surface area contributed by atoms with E-state index in [0.29, 0.717) is 25.9 Å². The van der Waals surface area contributed by atoms with E-state index in [1.54, 1.807) is 4.90 Å². The van der Waals surface area contributed by atoms with E-state index in [2.05, 4.69) is 20.8 Å². The molecule has 0 aromatic rings. The molecule has 1 heterocycles. The minimum atomic E-state index is -0.782. The third kappa shape index (κ3) is 4.67. The SMILES string of the molecule is CC1CC(C(=O)O)CN(C(=O)CCC(C)(C)C)C1. The third-order valence-corrected chi connectivity index (χ3v) is 3.45. The summed E-state index contributed by atoms with van der Waals surface area (Å²) in [6.45, 7) is 9.42. The van der Waals surface area contributed by atoms with Crippen LogP contribution in [-0.2, 0) is 9.59 Å². The molecule has 4 nitrogen and oxygen atoms in total. The van der Waals surface area contributed by atoms with E-state index >= 15 is 0 Å². The van der Waals surface area contributed by atoms with E-state index in [1.165, 1.54) is 0 Å². The highest BCUT2D eigenvalue weighted by Gasteiger charge is 2.31. The largest absolute Gasteiger partial charge is 0.481 e. The Morgan fingerprint density at radius 3 is 2.39 bits per heavy atom. The van der Waals surface area contributed by atoms with Crippen LogP contribution in [-0.4, -0.2) is 35.0 Å². The molecular weight excluding hydrogens is 230 g/mol. The minimum absolute atomic E-state index is 0.0997. The molecule has 0 bridgehead atoms. The molecule has 0 aromatic heterocycles. The van der Waals surface area contributed by atoms with Crippen molar-refractivity contribution in [2.45, 2.75) is 47.0 Å². The van der Waals surface area contributed by atoms with Gasteiger partial charge in [-0.2, -0.15) is 0 Å². The van der Waals surface area contributed by atoms with Crippen molar-refractivity contribution >= 4 is 11.9 Å². The van der Waals surface area contributed by atoms with Gasteiger partial charge in [0.1, 0.15) is 0 Å². The van der Waals surface area contributed by atoms with Gasteiger partial charge in [-0.1, -0.05) is 27.7 Å². The van der Waals surface area contributed by atoms with Crippen LogP contribution in [0.4, 0.5) is 0 Å². The Kier molecular flexibility index (Phi) is 4.77. The van der Waals surface area contributed by atoms with Crippen molar-refractivity contribution in [2.75, 3.05) is 13.1 Å². The lowest BCUT2D eigenvalue weighted by Crippen LogP contribution is -2.45. The Balaban J connectivity index is 2.54. The molecule has 0 spiro atoms. The molecule has 1 rings (SSSR count). The Labute approximate surface area is 109 Å². The van der Waals surface area contributed by atoms with Gasteiger partial charge in [0.25, 0.3) is 0 Å². The maximum absolute atomic E-state index is 12.1. The van der Waals surface area contributed by atoms with Crippen LogP contribution in [0.15, 0.2) is 0 Å². The van der Waals surface area contributed by atoms with Gasteiger partial charge in [0.05, 0.1) is 5.92 Å². The average Bonchev–Trinajstić information content (AvgIpc) is 2.23. The number of rotatable bonds is 3. The van der Waals surface area contributed by atoms with Gasteiger partial charge in [0, 0.05) is 19.5 Å². The predicted molar refractivity (Wildman–Crippen MR) is 70.2 cm³/mol. The molecule has 1 saturated heterocycles. The number of carbonyl (C=O) groups is 2. The number of carbonyl (C=O) groups excluding carboxylic acids is 1. The van der Waals surface area contributed by atoms with Gasteiger partial charge < -0.3 is 10.0 Å². The third-order valence-electron chi connectivity index (χ3n) is 3.45. The van der Waals surface area contributed by atoms with Crippen molar-refractivity contribution in [3.63, 3.8) is 0 Å². The smallest absolute Gasteiger partial charge is 0.308 e. The summed E-state index contributed by atoms with van der Waals surface area (Å²) in [7, 11) is 0. The van der Waals surface area contributed by atoms with Crippen LogP contribution in [0.3, 0.4) is 0 Å². The zero-order valence-corrected chi connectivity index (χ0v) is 11.9. The standard InChI is InChI=1S/C14H25NO3/c1-10-7-11(13(17)18)9-15(8-10)12(16)5-6-14(2,3)4/h10-11H,5-9H2,1-4H3,(H,17,18). The molecule has 0 radical (unpaired) electrons. The second-order valence-corrected chi connectivity index (χ2v) is 6.74. The number of piperidine rings is 1. The second-order valence-electron chi connectivity index (χ2n) is 6.74. The van der Waals surface area contributed by atoms with E-state index < -0.39 is 11.9 Å². The molecule has 0 aromatic carbocycles. The molecule has 104 valence electrons. The lowest BCUT2D eigenvalue weighted by atomic mass is 9.88. The van der Waals surface area contributed by atoms with Crippen LogP contribution in [0.5, 0.6) is 0 Å². The topological polar surface area (TPSA) is 57.6 Å². The van der Waals surface area contributed by atoms with Gasteiger partial charge in [-0.25, -0.2) is 0 Å². The van der Waals surface area contributed by atoms with E-state index in [-0.39, 0.29) is 17.2 Å². The van der Waals surface area contributed by atoms with Crippen LogP contribution in [0.25, 0.3) is 0 Å². The highest BCUT2D eigenvalue weighted by Crippen LogP contribution is 2.25. The van der Waals surface area contributed by atoms with E-state index in [1.807, 2.05) is 6.92 Å². The van der Waals surface area contributed by atoms with E-state index in [9.17, 15) is 9.59 Å². The van der Waals surface area contributed by atoms with Crippen LogP contribution < -0.4 is 0 Å². The van der Waals surface area contributed by atoms with Crippen molar-refractivity contribution in [3.05, 3.63) is 0 Å². The van der Waals surface area contributed by atoms with Crippen LogP contribution in [0.1, 0.15) is 47.0 Å². The number of nitrogens with zero attached hydrogens (tertiary/aromatic N) is 1. The molecule has 0 aliphatic carbocycles. The first-order chi connectivity index (χ1) is 8.19. The van der Waals surface area contributed by atoms with Crippen LogP contribution >= 0.6 is 0 Å². The van der Waals surface area contributed by atoms with Crippen molar-refractivity contribution in [3.8, 4) is 0 Å². The number of hydrogen-bond acceptors (Lipinski definition) is 2. The second kappa shape index (κ2) is 5.72. The Bertz CT molecular complexity index is 319. The fourth-order valence-corrected chi connectivity index (χ4v) is 2.37. The zero-order valence-electron chi connectivity index (χ0n) is 11.9. The predicted octanol–water partition coefficient (Wildman–Crippen LogP) is 2.38. The molecule has 2 atom stereocenters. The number of amides is 1. The molecule has 1 fully saturated rings. The minimum Gasteiger partial charge on any atom is -0.481 e. The summed E-state index contributed by atoms with van der Waals surface area (Å²) in [6.07, 6.45) is 2.04. The summed E-state index contributed by atoms with van der Waals surface area (Å²) in [5.74, 6) is -0.802. The normalized spacial score (nSPS) is 25.0. The monoisotopic (exact) mass is 255 g/mol. The molecule has 1 N–H and O–H groups in total. The van der Waals surface area contributed by atoms with Gasteiger partial charge in [0.2, 0.25) is 5.91 Å².